The highest BCUT2D eigenvalue weighted by molar-refractivity contribution is 4.61. The first-order valence-corrected chi connectivity index (χ1v) is 5.00. The highest BCUT2D eigenvalue weighted by Crippen LogP contribution is 2.02. The van der Waals surface area contributed by atoms with E-state index in [1.54, 1.807) is 0 Å². The SMILES string of the molecule is CCCCOC[C@@H](N)CC(C)C. The molecule has 0 unspecified atom stereocenters. The third-order valence-electron chi connectivity index (χ3n) is 1.75. The molecule has 0 amide bonds. The van der Waals surface area contributed by atoms with Crippen LogP contribution in [0.1, 0.15) is 40.0 Å². The van der Waals surface area contributed by atoms with Gasteiger partial charge in [-0.15, -0.1) is 0 Å². The standard InChI is InChI=1S/C10H23NO/c1-4-5-6-12-8-10(11)7-9(2)3/h9-10H,4-8,11H2,1-3H3/t10-/m0/s1. The van der Waals surface area contributed by atoms with E-state index in [-0.39, 0.29) is 6.04 Å². The third kappa shape index (κ3) is 8.02. The molecule has 0 bridgehead atoms. The summed E-state index contributed by atoms with van der Waals surface area (Å²) in [6, 6.07) is 0.224. The molecule has 0 fully saturated rings. The zero-order valence-corrected chi connectivity index (χ0v) is 8.68. The Balaban J connectivity index is 3.14. The Morgan fingerprint density at radius 1 is 1.33 bits per heavy atom. The maximum absolute atomic E-state index is 5.83. The summed E-state index contributed by atoms with van der Waals surface area (Å²) in [5.41, 5.74) is 5.83. The molecule has 0 aliphatic rings. The van der Waals surface area contributed by atoms with Crippen LogP contribution in [0.5, 0.6) is 0 Å². The average Bonchev–Trinajstić information content (AvgIpc) is 1.97. The maximum atomic E-state index is 5.83. The third-order valence-corrected chi connectivity index (χ3v) is 1.75. The van der Waals surface area contributed by atoms with Crippen LogP contribution in [0.25, 0.3) is 0 Å². The molecule has 0 aromatic heterocycles. The fraction of sp³-hybridized carbons (Fsp3) is 1.00. The van der Waals surface area contributed by atoms with Gasteiger partial charge in [0.15, 0.2) is 0 Å². The summed E-state index contributed by atoms with van der Waals surface area (Å²) in [4.78, 5) is 0. The number of unbranched alkanes of at least 4 members (excludes halogenated alkanes) is 1. The summed E-state index contributed by atoms with van der Waals surface area (Å²) in [7, 11) is 0. The number of ether oxygens (including phenoxy) is 1. The monoisotopic (exact) mass is 173 g/mol. The molecule has 0 saturated carbocycles. The lowest BCUT2D eigenvalue weighted by molar-refractivity contribution is 0.113. The lowest BCUT2D eigenvalue weighted by Gasteiger charge is -2.13. The summed E-state index contributed by atoms with van der Waals surface area (Å²) in [5, 5.41) is 0. The lowest BCUT2D eigenvalue weighted by Crippen LogP contribution is -2.28. The number of hydrogen-bond acceptors (Lipinski definition) is 2. The van der Waals surface area contributed by atoms with Crippen LogP contribution in [0.3, 0.4) is 0 Å². The van der Waals surface area contributed by atoms with Crippen molar-refractivity contribution in [3.05, 3.63) is 0 Å². The van der Waals surface area contributed by atoms with Crippen molar-refractivity contribution in [2.45, 2.75) is 46.1 Å². The molecule has 2 nitrogen and oxygen atoms in total. The Morgan fingerprint density at radius 3 is 2.50 bits per heavy atom. The van der Waals surface area contributed by atoms with E-state index in [0.717, 1.165) is 26.1 Å². The van der Waals surface area contributed by atoms with Crippen molar-refractivity contribution in [3.8, 4) is 0 Å². The van der Waals surface area contributed by atoms with E-state index in [4.69, 9.17) is 10.5 Å². The fourth-order valence-electron chi connectivity index (χ4n) is 1.15. The molecule has 0 rings (SSSR count). The summed E-state index contributed by atoms with van der Waals surface area (Å²) in [6.45, 7) is 8.12. The minimum atomic E-state index is 0.224. The predicted octanol–water partition coefficient (Wildman–Crippen LogP) is 2.18. The normalized spacial score (nSPS) is 13.8. The highest BCUT2D eigenvalue weighted by Gasteiger charge is 2.04. The summed E-state index contributed by atoms with van der Waals surface area (Å²) < 4.78 is 5.41. The fourth-order valence-corrected chi connectivity index (χ4v) is 1.15. The maximum Gasteiger partial charge on any atom is 0.0617 e. The molecule has 74 valence electrons. The zero-order valence-electron chi connectivity index (χ0n) is 8.68. The summed E-state index contributed by atoms with van der Waals surface area (Å²) >= 11 is 0. The van der Waals surface area contributed by atoms with Gasteiger partial charge in [0.05, 0.1) is 6.61 Å². The Kier molecular flexibility index (Phi) is 7.51. The summed E-state index contributed by atoms with van der Waals surface area (Å²) in [5.74, 6) is 0.676. The first-order valence-electron chi connectivity index (χ1n) is 5.00. The second-order valence-corrected chi connectivity index (χ2v) is 3.82. The molecule has 0 radical (unpaired) electrons. The van der Waals surface area contributed by atoms with Gasteiger partial charge in [-0.2, -0.15) is 0 Å². The van der Waals surface area contributed by atoms with Gasteiger partial charge in [0.25, 0.3) is 0 Å². The van der Waals surface area contributed by atoms with Crippen molar-refractivity contribution >= 4 is 0 Å². The lowest BCUT2D eigenvalue weighted by atomic mass is 10.1. The molecule has 0 aliphatic heterocycles. The second-order valence-electron chi connectivity index (χ2n) is 3.82. The molecule has 1 atom stereocenters. The number of rotatable bonds is 7. The second kappa shape index (κ2) is 7.56. The van der Waals surface area contributed by atoms with Crippen molar-refractivity contribution < 1.29 is 4.74 Å². The van der Waals surface area contributed by atoms with Crippen molar-refractivity contribution in [1.82, 2.24) is 0 Å². The molecular formula is C10H23NO. The van der Waals surface area contributed by atoms with Crippen molar-refractivity contribution in [2.24, 2.45) is 11.7 Å². The molecule has 0 aromatic carbocycles. The van der Waals surface area contributed by atoms with Crippen molar-refractivity contribution in [1.29, 1.82) is 0 Å². The van der Waals surface area contributed by atoms with Gasteiger partial charge in [0.1, 0.15) is 0 Å². The Morgan fingerprint density at radius 2 is 2.00 bits per heavy atom. The van der Waals surface area contributed by atoms with Gasteiger partial charge in [0.2, 0.25) is 0 Å². The van der Waals surface area contributed by atoms with Crippen LogP contribution in [0.4, 0.5) is 0 Å². The van der Waals surface area contributed by atoms with Gasteiger partial charge in [0, 0.05) is 12.6 Å². The van der Waals surface area contributed by atoms with Crippen LogP contribution < -0.4 is 5.73 Å². The van der Waals surface area contributed by atoms with Crippen LogP contribution in [-0.4, -0.2) is 19.3 Å². The van der Waals surface area contributed by atoms with Gasteiger partial charge in [-0.05, 0) is 18.8 Å². The van der Waals surface area contributed by atoms with Gasteiger partial charge in [-0.1, -0.05) is 27.2 Å². The van der Waals surface area contributed by atoms with E-state index in [2.05, 4.69) is 20.8 Å². The zero-order chi connectivity index (χ0) is 9.40. The Hall–Kier alpha value is -0.0800. The highest BCUT2D eigenvalue weighted by atomic mass is 16.5. The van der Waals surface area contributed by atoms with Crippen LogP contribution in [0.2, 0.25) is 0 Å². The van der Waals surface area contributed by atoms with E-state index in [0.29, 0.717) is 5.92 Å². The quantitative estimate of drug-likeness (QED) is 0.599. The van der Waals surface area contributed by atoms with Gasteiger partial charge in [-0.3, -0.25) is 0 Å². The van der Waals surface area contributed by atoms with E-state index in [9.17, 15) is 0 Å². The van der Waals surface area contributed by atoms with Crippen LogP contribution in [0.15, 0.2) is 0 Å². The van der Waals surface area contributed by atoms with E-state index >= 15 is 0 Å². The smallest absolute Gasteiger partial charge is 0.0617 e. The topological polar surface area (TPSA) is 35.2 Å². The molecule has 12 heavy (non-hydrogen) atoms. The number of hydrogen-bond donors (Lipinski definition) is 1. The molecule has 2 N–H and O–H groups in total. The first-order chi connectivity index (χ1) is 5.66. The first kappa shape index (κ1) is 11.9. The Bertz CT molecular complexity index is 93.8. The van der Waals surface area contributed by atoms with E-state index in [1.165, 1.54) is 6.42 Å². The van der Waals surface area contributed by atoms with E-state index < -0.39 is 0 Å². The summed E-state index contributed by atoms with van der Waals surface area (Å²) in [6.07, 6.45) is 3.40. The number of nitrogens with two attached hydrogens (primary N) is 1. The van der Waals surface area contributed by atoms with E-state index in [1.807, 2.05) is 0 Å². The average molecular weight is 173 g/mol. The Labute approximate surface area is 76.5 Å². The largest absolute Gasteiger partial charge is 0.380 e. The predicted molar refractivity (Wildman–Crippen MR) is 53.2 cm³/mol. The van der Waals surface area contributed by atoms with Crippen LogP contribution in [-0.2, 0) is 4.74 Å². The van der Waals surface area contributed by atoms with Gasteiger partial charge >= 0.3 is 0 Å². The molecule has 0 aromatic rings. The van der Waals surface area contributed by atoms with Crippen molar-refractivity contribution in [2.75, 3.05) is 13.2 Å². The van der Waals surface area contributed by atoms with Crippen LogP contribution >= 0.6 is 0 Å². The van der Waals surface area contributed by atoms with Crippen molar-refractivity contribution in [3.63, 3.8) is 0 Å². The van der Waals surface area contributed by atoms with Gasteiger partial charge < -0.3 is 10.5 Å². The minimum Gasteiger partial charge on any atom is -0.380 e. The van der Waals surface area contributed by atoms with Crippen LogP contribution in [0, 0.1) is 5.92 Å². The van der Waals surface area contributed by atoms with Gasteiger partial charge in [-0.25, -0.2) is 0 Å². The molecule has 0 saturated heterocycles. The molecular weight excluding hydrogens is 150 g/mol. The molecule has 2 heteroatoms. The molecule has 0 spiro atoms. The molecule has 0 aliphatic carbocycles. The molecule has 0 heterocycles. The minimum absolute atomic E-state index is 0.224.